The molecule has 4 rings (SSSR count). The van der Waals surface area contributed by atoms with E-state index in [1.807, 2.05) is 11.8 Å². The van der Waals surface area contributed by atoms with Crippen LogP contribution in [0.2, 0.25) is 0 Å². The Balaban J connectivity index is 1.59. The van der Waals surface area contributed by atoms with E-state index in [4.69, 9.17) is 10.5 Å². The lowest BCUT2D eigenvalue weighted by molar-refractivity contribution is -0.384. The zero-order valence-electron chi connectivity index (χ0n) is 19.2. The van der Waals surface area contributed by atoms with Gasteiger partial charge < -0.3 is 20.5 Å². The van der Waals surface area contributed by atoms with Gasteiger partial charge in [-0.1, -0.05) is 6.92 Å². The molecular weight excluding hydrogens is 460 g/mol. The summed E-state index contributed by atoms with van der Waals surface area (Å²) in [5.74, 6) is -4.15. The number of aliphatic hydroxyl groups is 1. The first kappa shape index (κ1) is 24.5. The molecule has 1 aromatic rings. The first-order valence-corrected chi connectivity index (χ1v) is 11.3. The number of non-ortho nitro benzene ring substituents is 1. The van der Waals surface area contributed by atoms with Crippen molar-refractivity contribution in [1.29, 1.82) is 0 Å². The summed E-state index contributed by atoms with van der Waals surface area (Å²) < 4.78 is 5.07. The molecule has 3 N–H and O–H groups in total. The lowest BCUT2D eigenvalue weighted by Crippen LogP contribution is -2.63. The number of aliphatic hydroxyl groups excluding tert-OH is 1. The van der Waals surface area contributed by atoms with Crippen LogP contribution < -0.4 is 5.73 Å². The minimum Gasteiger partial charge on any atom is -0.393 e. The van der Waals surface area contributed by atoms with E-state index in [0.29, 0.717) is 25.1 Å². The van der Waals surface area contributed by atoms with E-state index in [1.54, 1.807) is 0 Å². The Hall–Kier alpha value is -3.64. The van der Waals surface area contributed by atoms with Crippen molar-refractivity contribution in [2.24, 2.45) is 23.5 Å². The second-order valence-corrected chi connectivity index (χ2v) is 9.23. The van der Waals surface area contributed by atoms with Crippen LogP contribution in [-0.4, -0.2) is 75.4 Å². The SMILES string of the molecule is C[C@@H](O)C1C(=O)N2C(C(=O)OC(=O)c3ccc([N+](=O)[O-])cc3)=C(CN3CC[C@H](C(N)=O)C3)[C@H](C)[C@H]12. The molecule has 0 bridgehead atoms. The number of nitro groups is 1. The number of β-lactam (4-membered cyclic amide) rings is 1. The number of rotatable bonds is 7. The van der Waals surface area contributed by atoms with Crippen molar-refractivity contribution in [3.05, 3.63) is 51.2 Å². The molecule has 2 amide bonds. The molecule has 35 heavy (non-hydrogen) atoms. The summed E-state index contributed by atoms with van der Waals surface area (Å²) in [7, 11) is 0. The maximum Gasteiger partial charge on any atom is 0.362 e. The molecule has 3 aliphatic rings. The molecule has 1 aromatic carbocycles. The third-order valence-electron chi connectivity index (χ3n) is 7.08. The average molecular weight is 486 g/mol. The normalized spacial score (nSPS) is 26.8. The minimum atomic E-state index is -1.01. The largest absolute Gasteiger partial charge is 0.393 e. The molecule has 2 saturated heterocycles. The Bertz CT molecular complexity index is 1130. The van der Waals surface area contributed by atoms with Gasteiger partial charge in [0.05, 0.1) is 34.5 Å². The number of carbonyl (C=O) groups excluding carboxylic acids is 4. The highest BCUT2D eigenvalue weighted by Crippen LogP contribution is 2.47. The van der Waals surface area contributed by atoms with Gasteiger partial charge in [-0.25, -0.2) is 9.59 Å². The zero-order chi connectivity index (χ0) is 25.6. The van der Waals surface area contributed by atoms with E-state index in [-0.39, 0.29) is 35.3 Å². The molecule has 2 fully saturated rings. The van der Waals surface area contributed by atoms with Gasteiger partial charge in [-0.2, -0.15) is 0 Å². The van der Waals surface area contributed by atoms with Gasteiger partial charge in [-0.3, -0.25) is 24.6 Å². The lowest BCUT2D eigenvalue weighted by Gasteiger charge is -2.46. The van der Waals surface area contributed by atoms with Gasteiger partial charge in [-0.05, 0) is 37.6 Å². The Morgan fingerprint density at radius 1 is 1.26 bits per heavy atom. The summed E-state index contributed by atoms with van der Waals surface area (Å²) in [6.45, 7) is 4.61. The van der Waals surface area contributed by atoms with E-state index >= 15 is 0 Å². The minimum absolute atomic E-state index is 0.0396. The van der Waals surface area contributed by atoms with Gasteiger partial charge in [0, 0.05) is 31.1 Å². The van der Waals surface area contributed by atoms with Crippen molar-refractivity contribution in [2.75, 3.05) is 19.6 Å². The Morgan fingerprint density at radius 3 is 2.46 bits per heavy atom. The van der Waals surface area contributed by atoms with Crippen molar-refractivity contribution in [3.8, 4) is 0 Å². The molecule has 0 saturated carbocycles. The number of ether oxygens (including phenoxy) is 1. The molecule has 0 aromatic heterocycles. The molecule has 5 atom stereocenters. The number of carbonyl (C=O) groups is 4. The van der Waals surface area contributed by atoms with Crippen LogP contribution in [0.15, 0.2) is 35.5 Å². The number of fused-ring (bicyclic) bond motifs is 1. The number of esters is 2. The fraction of sp³-hybridized carbons (Fsp3) is 0.478. The molecule has 12 nitrogen and oxygen atoms in total. The molecule has 3 aliphatic heterocycles. The van der Waals surface area contributed by atoms with E-state index < -0.39 is 46.7 Å². The molecule has 3 heterocycles. The Labute approximate surface area is 200 Å². The van der Waals surface area contributed by atoms with Crippen LogP contribution in [0.5, 0.6) is 0 Å². The van der Waals surface area contributed by atoms with Gasteiger partial charge in [-0.15, -0.1) is 0 Å². The quantitative estimate of drug-likeness (QED) is 0.179. The Kier molecular flexibility index (Phi) is 6.43. The van der Waals surface area contributed by atoms with Crippen LogP contribution in [0.25, 0.3) is 0 Å². The van der Waals surface area contributed by atoms with E-state index in [0.717, 1.165) is 12.1 Å². The molecular formula is C23H26N4O8. The highest BCUT2D eigenvalue weighted by molar-refractivity contribution is 6.06. The molecule has 0 aliphatic carbocycles. The number of hydrogen-bond donors (Lipinski definition) is 2. The fourth-order valence-corrected chi connectivity index (χ4v) is 5.20. The van der Waals surface area contributed by atoms with Crippen LogP contribution in [0.4, 0.5) is 5.69 Å². The number of benzene rings is 1. The third kappa shape index (κ3) is 4.30. The van der Waals surface area contributed by atoms with E-state index in [2.05, 4.69) is 0 Å². The monoisotopic (exact) mass is 486 g/mol. The zero-order valence-corrected chi connectivity index (χ0v) is 19.2. The summed E-state index contributed by atoms with van der Waals surface area (Å²) >= 11 is 0. The Morgan fingerprint density at radius 2 is 1.91 bits per heavy atom. The molecule has 12 heteroatoms. The smallest absolute Gasteiger partial charge is 0.362 e. The van der Waals surface area contributed by atoms with Crippen molar-refractivity contribution in [2.45, 2.75) is 32.4 Å². The maximum atomic E-state index is 13.2. The second-order valence-electron chi connectivity index (χ2n) is 9.23. The summed E-state index contributed by atoms with van der Waals surface area (Å²) in [6, 6.07) is 4.14. The first-order chi connectivity index (χ1) is 16.5. The van der Waals surface area contributed by atoms with Gasteiger partial charge in [0.1, 0.15) is 5.70 Å². The van der Waals surface area contributed by atoms with E-state index in [1.165, 1.54) is 24.0 Å². The summed E-state index contributed by atoms with van der Waals surface area (Å²) in [5, 5.41) is 20.9. The molecule has 0 spiro atoms. The number of nitrogens with zero attached hydrogens (tertiary/aromatic N) is 3. The summed E-state index contributed by atoms with van der Waals surface area (Å²) in [6.07, 6.45) is -0.340. The van der Waals surface area contributed by atoms with Crippen molar-refractivity contribution < 1.29 is 33.9 Å². The van der Waals surface area contributed by atoms with Crippen molar-refractivity contribution in [3.63, 3.8) is 0 Å². The number of likely N-dealkylation sites (tertiary alicyclic amines) is 1. The molecule has 0 radical (unpaired) electrons. The predicted octanol–water partition coefficient (Wildman–Crippen LogP) is 0.197. The topological polar surface area (TPSA) is 173 Å². The fourth-order valence-electron chi connectivity index (χ4n) is 5.20. The maximum absolute atomic E-state index is 13.2. The predicted molar refractivity (Wildman–Crippen MR) is 119 cm³/mol. The standard InChI is InChI=1S/C23H26N4O8/c1-11-16(10-25-8-7-14(9-25)20(24)29)19(26-18(11)17(12(2)28)21(26)30)23(32)35-22(31)13-3-5-15(6-4-13)27(33)34/h3-6,11-12,14,17-18,28H,7-10H2,1-2H3,(H2,24,29)/t11-,12+,14-,17?,18+/m0/s1. The van der Waals surface area contributed by atoms with Gasteiger partial charge >= 0.3 is 11.9 Å². The second kappa shape index (κ2) is 9.19. The highest BCUT2D eigenvalue weighted by Gasteiger charge is 2.60. The van der Waals surface area contributed by atoms with E-state index in [9.17, 15) is 34.4 Å². The number of nitrogens with two attached hydrogens (primary N) is 1. The van der Waals surface area contributed by atoms with Crippen LogP contribution in [0, 0.1) is 27.9 Å². The highest BCUT2D eigenvalue weighted by atomic mass is 16.6. The number of amides is 2. The van der Waals surface area contributed by atoms with Crippen molar-refractivity contribution >= 4 is 29.4 Å². The number of primary amides is 1. The number of hydrogen-bond acceptors (Lipinski definition) is 9. The van der Waals surface area contributed by atoms with Crippen LogP contribution in [-0.2, 0) is 19.1 Å². The lowest BCUT2D eigenvalue weighted by atomic mass is 9.77. The van der Waals surface area contributed by atoms with Crippen LogP contribution in [0.1, 0.15) is 30.6 Å². The summed E-state index contributed by atoms with van der Waals surface area (Å²) in [5.41, 5.74) is 5.68. The third-order valence-corrected chi connectivity index (χ3v) is 7.08. The van der Waals surface area contributed by atoms with Gasteiger partial charge in [0.2, 0.25) is 11.8 Å². The van der Waals surface area contributed by atoms with Crippen molar-refractivity contribution in [1.82, 2.24) is 9.80 Å². The molecule has 186 valence electrons. The average Bonchev–Trinajstić information content (AvgIpc) is 3.36. The van der Waals surface area contributed by atoms with Crippen LogP contribution >= 0.6 is 0 Å². The van der Waals surface area contributed by atoms with Crippen LogP contribution in [0.3, 0.4) is 0 Å². The number of nitro benzene ring substituents is 1. The first-order valence-electron chi connectivity index (χ1n) is 11.3. The van der Waals surface area contributed by atoms with Gasteiger partial charge in [0.15, 0.2) is 0 Å². The van der Waals surface area contributed by atoms with Gasteiger partial charge in [0.25, 0.3) is 5.69 Å². The summed E-state index contributed by atoms with van der Waals surface area (Å²) in [4.78, 5) is 63.6. The molecule has 1 unspecified atom stereocenters.